The number of thiazole rings is 1. The van der Waals surface area contributed by atoms with Crippen molar-refractivity contribution >= 4 is 77.2 Å². The number of fused-ring (bicyclic) bond motifs is 2. The van der Waals surface area contributed by atoms with Gasteiger partial charge in [-0.3, -0.25) is 4.79 Å². The minimum atomic E-state index is -0.00130. The van der Waals surface area contributed by atoms with Crippen molar-refractivity contribution in [3.8, 4) is 5.75 Å². The summed E-state index contributed by atoms with van der Waals surface area (Å²) in [6.45, 7) is 2.67. The standard InChI is InChI=1S/C21H17Cl2N3O2S2/c1-28-18-13(22)6-7-15-17(18)24-21(30-15)26-10-8-25(9-11-26)20(27)19-16(23)12-4-2-3-5-14(12)29-19/h2-7H,8-11H2,1H3. The first-order valence-electron chi connectivity index (χ1n) is 9.41. The van der Waals surface area contributed by atoms with Crippen molar-refractivity contribution in [2.24, 2.45) is 0 Å². The summed E-state index contributed by atoms with van der Waals surface area (Å²) in [5, 5.41) is 2.96. The molecule has 5 nitrogen and oxygen atoms in total. The summed E-state index contributed by atoms with van der Waals surface area (Å²) in [5.41, 5.74) is 0.778. The van der Waals surface area contributed by atoms with Gasteiger partial charge in [0.2, 0.25) is 0 Å². The normalized spacial score (nSPS) is 14.6. The molecule has 1 aliphatic rings. The molecule has 0 aliphatic carbocycles. The van der Waals surface area contributed by atoms with Gasteiger partial charge < -0.3 is 14.5 Å². The minimum Gasteiger partial charge on any atom is -0.493 e. The predicted octanol–water partition coefficient (Wildman–Crippen LogP) is 5.79. The average Bonchev–Trinajstić information content (AvgIpc) is 3.35. The van der Waals surface area contributed by atoms with Crippen molar-refractivity contribution < 1.29 is 9.53 Å². The lowest BCUT2D eigenvalue weighted by Gasteiger charge is -2.34. The number of hydrogen-bond acceptors (Lipinski definition) is 6. The van der Waals surface area contributed by atoms with Crippen LogP contribution in [0, 0.1) is 0 Å². The van der Waals surface area contributed by atoms with Gasteiger partial charge in [-0.05, 0) is 18.2 Å². The molecule has 0 unspecified atom stereocenters. The Morgan fingerprint density at radius 3 is 2.53 bits per heavy atom. The summed E-state index contributed by atoms with van der Waals surface area (Å²) in [6.07, 6.45) is 0. The van der Waals surface area contributed by atoms with E-state index in [1.165, 1.54) is 11.3 Å². The highest BCUT2D eigenvalue weighted by molar-refractivity contribution is 7.22. The Bertz CT molecular complexity index is 1260. The van der Waals surface area contributed by atoms with Crippen LogP contribution in [0.4, 0.5) is 5.13 Å². The van der Waals surface area contributed by atoms with E-state index in [1.807, 2.05) is 41.3 Å². The number of methoxy groups -OCH3 is 1. The van der Waals surface area contributed by atoms with Crippen LogP contribution in [0.5, 0.6) is 5.75 Å². The van der Waals surface area contributed by atoms with Crippen LogP contribution in [0.25, 0.3) is 20.3 Å². The topological polar surface area (TPSA) is 45.7 Å². The third-order valence-corrected chi connectivity index (χ3v) is 8.27. The van der Waals surface area contributed by atoms with Gasteiger partial charge in [-0.2, -0.15) is 0 Å². The number of ether oxygens (including phenoxy) is 1. The summed E-state index contributed by atoms with van der Waals surface area (Å²) in [6, 6.07) is 11.6. The summed E-state index contributed by atoms with van der Waals surface area (Å²) < 4.78 is 7.49. The van der Waals surface area contributed by atoms with E-state index in [4.69, 9.17) is 32.9 Å². The maximum absolute atomic E-state index is 13.1. The Hall–Kier alpha value is -2.06. The van der Waals surface area contributed by atoms with Crippen LogP contribution < -0.4 is 9.64 Å². The van der Waals surface area contributed by atoms with E-state index >= 15 is 0 Å². The first-order valence-corrected chi connectivity index (χ1v) is 11.8. The van der Waals surface area contributed by atoms with Gasteiger partial charge in [0.25, 0.3) is 5.91 Å². The zero-order valence-electron chi connectivity index (χ0n) is 16.0. The molecule has 1 amide bonds. The van der Waals surface area contributed by atoms with Crippen molar-refractivity contribution in [1.29, 1.82) is 0 Å². The number of halogens is 2. The Labute approximate surface area is 191 Å². The van der Waals surface area contributed by atoms with Crippen LogP contribution in [0.3, 0.4) is 0 Å². The minimum absolute atomic E-state index is 0.00130. The predicted molar refractivity (Wildman–Crippen MR) is 126 cm³/mol. The van der Waals surface area contributed by atoms with Crippen LogP contribution in [0.2, 0.25) is 10.0 Å². The molecule has 0 saturated carbocycles. The Balaban J connectivity index is 1.34. The van der Waals surface area contributed by atoms with E-state index in [0.717, 1.165) is 25.4 Å². The Morgan fingerprint density at radius 2 is 1.80 bits per heavy atom. The summed E-state index contributed by atoms with van der Waals surface area (Å²) >= 11 is 15.8. The third kappa shape index (κ3) is 3.30. The monoisotopic (exact) mass is 477 g/mol. The Kier molecular flexibility index (Phi) is 5.23. The molecule has 1 fully saturated rings. The van der Waals surface area contributed by atoms with E-state index in [1.54, 1.807) is 18.4 Å². The number of hydrogen-bond donors (Lipinski definition) is 0. The van der Waals surface area contributed by atoms with Crippen molar-refractivity contribution in [2.45, 2.75) is 0 Å². The number of thiophene rings is 1. The number of aromatic nitrogens is 1. The Morgan fingerprint density at radius 1 is 1.03 bits per heavy atom. The largest absolute Gasteiger partial charge is 0.493 e. The highest BCUT2D eigenvalue weighted by Crippen LogP contribution is 2.39. The van der Waals surface area contributed by atoms with Gasteiger partial charge >= 0.3 is 0 Å². The van der Waals surface area contributed by atoms with E-state index in [9.17, 15) is 4.79 Å². The molecule has 1 aliphatic heterocycles. The lowest BCUT2D eigenvalue weighted by Crippen LogP contribution is -2.48. The number of nitrogens with zero attached hydrogens (tertiary/aromatic N) is 3. The maximum atomic E-state index is 13.1. The number of anilines is 1. The van der Waals surface area contributed by atoms with Crippen LogP contribution in [-0.4, -0.2) is 49.1 Å². The third-order valence-electron chi connectivity index (χ3n) is 5.23. The van der Waals surface area contributed by atoms with E-state index in [-0.39, 0.29) is 5.91 Å². The molecule has 30 heavy (non-hydrogen) atoms. The van der Waals surface area contributed by atoms with Gasteiger partial charge in [0.15, 0.2) is 10.9 Å². The second-order valence-electron chi connectivity index (χ2n) is 6.94. The van der Waals surface area contributed by atoms with Gasteiger partial charge in [-0.1, -0.05) is 52.7 Å². The molecule has 1 saturated heterocycles. The maximum Gasteiger partial charge on any atom is 0.265 e. The summed E-state index contributed by atoms with van der Waals surface area (Å²) in [7, 11) is 1.60. The zero-order valence-corrected chi connectivity index (χ0v) is 19.2. The SMILES string of the molecule is COc1c(Cl)ccc2sc(N3CCN(C(=O)c4sc5ccccc5c4Cl)CC3)nc12. The fourth-order valence-electron chi connectivity index (χ4n) is 3.66. The first kappa shape index (κ1) is 19.9. The molecule has 0 N–H and O–H groups in total. The number of carbonyl (C=O) groups is 1. The molecular formula is C21H17Cl2N3O2S2. The number of carbonyl (C=O) groups excluding carboxylic acids is 1. The van der Waals surface area contributed by atoms with Crippen molar-refractivity contribution in [3.63, 3.8) is 0 Å². The molecular weight excluding hydrogens is 461 g/mol. The smallest absolute Gasteiger partial charge is 0.265 e. The second-order valence-corrected chi connectivity index (χ2v) is 9.79. The fraction of sp³-hybridized carbons (Fsp3) is 0.238. The van der Waals surface area contributed by atoms with E-state index < -0.39 is 0 Å². The molecule has 4 aromatic rings. The molecule has 0 bridgehead atoms. The van der Waals surface area contributed by atoms with Gasteiger partial charge in [0.05, 0.1) is 21.9 Å². The first-order chi connectivity index (χ1) is 14.6. The van der Waals surface area contributed by atoms with Gasteiger partial charge in [0.1, 0.15) is 10.4 Å². The molecule has 3 heterocycles. The van der Waals surface area contributed by atoms with Crippen LogP contribution in [0.1, 0.15) is 9.67 Å². The number of piperazine rings is 1. The van der Waals surface area contributed by atoms with Crippen molar-refractivity contribution in [3.05, 3.63) is 51.3 Å². The summed E-state index contributed by atoms with van der Waals surface area (Å²) in [4.78, 5) is 22.5. The van der Waals surface area contributed by atoms with Gasteiger partial charge in [0, 0.05) is 36.3 Å². The highest BCUT2D eigenvalue weighted by Gasteiger charge is 2.27. The van der Waals surface area contributed by atoms with E-state index in [0.29, 0.717) is 46.9 Å². The summed E-state index contributed by atoms with van der Waals surface area (Å²) in [5.74, 6) is 0.600. The van der Waals surface area contributed by atoms with Crippen molar-refractivity contribution in [1.82, 2.24) is 9.88 Å². The molecule has 0 atom stereocenters. The zero-order chi connectivity index (χ0) is 20.8. The average molecular weight is 478 g/mol. The van der Waals surface area contributed by atoms with Crippen LogP contribution >= 0.6 is 45.9 Å². The second kappa shape index (κ2) is 7.89. The molecule has 0 radical (unpaired) electrons. The molecule has 5 rings (SSSR count). The number of rotatable bonds is 3. The quantitative estimate of drug-likeness (QED) is 0.374. The number of benzene rings is 2. The van der Waals surface area contributed by atoms with Crippen LogP contribution in [0.15, 0.2) is 36.4 Å². The van der Waals surface area contributed by atoms with Crippen LogP contribution in [-0.2, 0) is 0 Å². The highest BCUT2D eigenvalue weighted by atomic mass is 35.5. The molecule has 0 spiro atoms. The molecule has 2 aromatic carbocycles. The molecule has 154 valence electrons. The molecule has 2 aromatic heterocycles. The fourth-order valence-corrected chi connectivity index (χ4v) is 6.38. The lowest BCUT2D eigenvalue weighted by molar-refractivity contribution is 0.0752. The molecule has 9 heteroatoms. The van der Waals surface area contributed by atoms with E-state index in [2.05, 4.69) is 4.90 Å². The van der Waals surface area contributed by atoms with Crippen molar-refractivity contribution in [2.75, 3.05) is 38.2 Å². The number of amides is 1. The van der Waals surface area contributed by atoms with Gasteiger partial charge in [-0.15, -0.1) is 11.3 Å². The van der Waals surface area contributed by atoms with Gasteiger partial charge in [-0.25, -0.2) is 4.98 Å². The lowest BCUT2D eigenvalue weighted by atomic mass is 10.2.